The van der Waals surface area contributed by atoms with Crippen molar-refractivity contribution in [1.82, 2.24) is 4.57 Å². The Kier molecular flexibility index (Phi) is 4.30. The molecule has 4 heteroatoms. The minimum atomic E-state index is -0.122. The maximum atomic E-state index is 12.6. The van der Waals surface area contributed by atoms with Crippen LogP contribution >= 0.6 is 11.3 Å². The van der Waals surface area contributed by atoms with Gasteiger partial charge in [-0.15, -0.1) is 11.3 Å². The minimum absolute atomic E-state index is 0.122. The number of thiazole rings is 1. The summed E-state index contributed by atoms with van der Waals surface area (Å²) >= 11 is 1.62. The van der Waals surface area contributed by atoms with Crippen LogP contribution in [0.3, 0.4) is 0 Å². The van der Waals surface area contributed by atoms with Gasteiger partial charge in [-0.25, -0.2) is 0 Å². The molecule has 1 saturated carbocycles. The molecule has 3 nitrogen and oxygen atoms in total. The van der Waals surface area contributed by atoms with Crippen molar-refractivity contribution in [2.45, 2.75) is 46.6 Å². The topological polar surface area (TPSA) is 34.4 Å². The average molecular weight is 314 g/mol. The zero-order chi connectivity index (χ0) is 15.7. The van der Waals surface area contributed by atoms with E-state index in [4.69, 9.17) is 0 Å². The first kappa shape index (κ1) is 15.2. The molecule has 0 saturated heterocycles. The van der Waals surface area contributed by atoms with Crippen molar-refractivity contribution in [2.24, 2.45) is 10.9 Å². The third-order valence-corrected chi connectivity index (χ3v) is 5.45. The normalized spacial score (nSPS) is 15.3. The molecule has 0 aliphatic heterocycles. The summed E-state index contributed by atoms with van der Waals surface area (Å²) < 4.78 is 2.23. The number of carbonyl (C=O) groups is 1. The summed E-state index contributed by atoms with van der Waals surface area (Å²) in [7, 11) is 0. The highest BCUT2D eigenvalue weighted by atomic mass is 32.1. The summed E-state index contributed by atoms with van der Waals surface area (Å²) in [5, 5.41) is 0. The monoisotopic (exact) mass is 314 g/mol. The third-order valence-electron chi connectivity index (χ3n) is 4.35. The van der Waals surface area contributed by atoms with E-state index in [1.54, 1.807) is 11.3 Å². The number of hydrogen-bond donors (Lipinski definition) is 0. The first-order valence-electron chi connectivity index (χ1n) is 7.94. The molecule has 0 unspecified atom stereocenters. The number of amides is 1. The second kappa shape index (κ2) is 6.21. The highest BCUT2D eigenvalue weighted by Crippen LogP contribution is 2.31. The van der Waals surface area contributed by atoms with E-state index in [-0.39, 0.29) is 5.91 Å². The van der Waals surface area contributed by atoms with Crippen LogP contribution in [-0.4, -0.2) is 10.5 Å². The van der Waals surface area contributed by atoms with Crippen LogP contribution in [0.15, 0.2) is 29.3 Å². The van der Waals surface area contributed by atoms with E-state index >= 15 is 0 Å². The Morgan fingerprint density at radius 3 is 2.73 bits per heavy atom. The van der Waals surface area contributed by atoms with E-state index in [1.165, 1.54) is 23.4 Å². The van der Waals surface area contributed by atoms with Crippen molar-refractivity contribution in [3.63, 3.8) is 0 Å². The van der Waals surface area contributed by atoms with Gasteiger partial charge in [-0.1, -0.05) is 25.1 Å². The van der Waals surface area contributed by atoms with Crippen LogP contribution in [0.1, 0.15) is 46.3 Å². The average Bonchev–Trinajstić information content (AvgIpc) is 3.30. The standard InChI is InChI=1S/C18H22N2OS/c1-4-15-7-5-6-8-16(15)17(21)19-18-20(11-14-9-10-14)12(2)13(3)22-18/h5-8,14H,4,9-11H2,1-3H3. The second-order valence-electron chi connectivity index (χ2n) is 6.01. The zero-order valence-electron chi connectivity index (χ0n) is 13.4. The number of hydrogen-bond acceptors (Lipinski definition) is 2. The molecular weight excluding hydrogens is 292 g/mol. The second-order valence-corrected chi connectivity index (χ2v) is 7.19. The van der Waals surface area contributed by atoms with Gasteiger partial charge in [0.25, 0.3) is 5.91 Å². The fourth-order valence-corrected chi connectivity index (χ4v) is 3.62. The Morgan fingerprint density at radius 1 is 1.32 bits per heavy atom. The maximum absolute atomic E-state index is 12.6. The predicted octanol–water partition coefficient (Wildman–Crippen LogP) is 3.88. The summed E-state index contributed by atoms with van der Waals surface area (Å²) in [5.74, 6) is 0.646. The lowest BCUT2D eigenvalue weighted by Gasteiger charge is -2.05. The number of aryl methyl sites for hydroxylation is 2. The number of benzene rings is 1. The Morgan fingerprint density at radius 2 is 2.05 bits per heavy atom. The summed E-state index contributed by atoms with van der Waals surface area (Å²) in [4.78, 5) is 19.1. The van der Waals surface area contributed by atoms with Gasteiger partial charge in [0.15, 0.2) is 4.80 Å². The van der Waals surface area contributed by atoms with Crippen molar-refractivity contribution in [1.29, 1.82) is 0 Å². The van der Waals surface area contributed by atoms with E-state index in [0.29, 0.717) is 0 Å². The molecule has 1 aromatic carbocycles. The van der Waals surface area contributed by atoms with Gasteiger partial charge in [-0.2, -0.15) is 4.99 Å². The lowest BCUT2D eigenvalue weighted by Crippen LogP contribution is -2.19. The van der Waals surface area contributed by atoms with E-state index in [9.17, 15) is 4.79 Å². The van der Waals surface area contributed by atoms with Crippen LogP contribution in [0.2, 0.25) is 0 Å². The molecule has 22 heavy (non-hydrogen) atoms. The quantitative estimate of drug-likeness (QED) is 0.843. The van der Waals surface area contributed by atoms with E-state index in [0.717, 1.165) is 34.8 Å². The van der Waals surface area contributed by atoms with Crippen molar-refractivity contribution in [2.75, 3.05) is 0 Å². The van der Waals surface area contributed by atoms with Crippen molar-refractivity contribution in [3.05, 3.63) is 50.8 Å². The molecule has 116 valence electrons. The van der Waals surface area contributed by atoms with Gasteiger partial charge < -0.3 is 4.57 Å². The highest BCUT2D eigenvalue weighted by Gasteiger charge is 2.23. The summed E-state index contributed by atoms with van der Waals surface area (Å²) in [6.45, 7) is 7.29. The van der Waals surface area contributed by atoms with Crippen LogP contribution in [0, 0.1) is 19.8 Å². The Balaban J connectivity index is 2.00. The van der Waals surface area contributed by atoms with Gasteiger partial charge in [0.05, 0.1) is 0 Å². The molecule has 1 heterocycles. The molecule has 0 radical (unpaired) electrons. The SMILES string of the molecule is CCc1ccccc1C(=O)N=c1sc(C)c(C)n1CC1CC1. The van der Waals surface area contributed by atoms with Crippen LogP contribution < -0.4 is 4.80 Å². The summed E-state index contributed by atoms with van der Waals surface area (Å²) in [6.07, 6.45) is 3.45. The molecule has 1 amide bonds. The molecule has 0 spiro atoms. The molecule has 1 fully saturated rings. The van der Waals surface area contributed by atoms with Gasteiger partial charge in [0.2, 0.25) is 0 Å². The lowest BCUT2D eigenvalue weighted by molar-refractivity contribution is 0.0997. The van der Waals surface area contributed by atoms with Crippen molar-refractivity contribution < 1.29 is 4.79 Å². The first-order chi connectivity index (χ1) is 10.6. The van der Waals surface area contributed by atoms with Gasteiger partial charge in [-0.05, 0) is 50.7 Å². The number of nitrogens with zero attached hydrogens (tertiary/aromatic N) is 2. The van der Waals surface area contributed by atoms with Crippen LogP contribution in [0.4, 0.5) is 0 Å². The third kappa shape index (κ3) is 3.07. The molecule has 3 rings (SSSR count). The highest BCUT2D eigenvalue weighted by molar-refractivity contribution is 7.09. The lowest BCUT2D eigenvalue weighted by atomic mass is 10.1. The van der Waals surface area contributed by atoms with Crippen LogP contribution in [0.5, 0.6) is 0 Å². The number of rotatable bonds is 4. The van der Waals surface area contributed by atoms with Gasteiger partial charge in [0, 0.05) is 22.7 Å². The maximum Gasteiger partial charge on any atom is 0.279 e. The van der Waals surface area contributed by atoms with E-state index in [2.05, 4.69) is 30.3 Å². The fraction of sp³-hybridized carbons (Fsp3) is 0.444. The van der Waals surface area contributed by atoms with Gasteiger partial charge in [0.1, 0.15) is 0 Å². The van der Waals surface area contributed by atoms with Gasteiger partial charge >= 0.3 is 0 Å². The fourth-order valence-electron chi connectivity index (χ4n) is 2.64. The number of aromatic nitrogens is 1. The summed E-state index contributed by atoms with van der Waals surface area (Å²) in [6, 6.07) is 7.77. The molecule has 1 aliphatic rings. The van der Waals surface area contributed by atoms with E-state index in [1.807, 2.05) is 24.3 Å². The minimum Gasteiger partial charge on any atom is -0.320 e. The predicted molar refractivity (Wildman–Crippen MR) is 90.2 cm³/mol. The molecule has 0 bridgehead atoms. The summed E-state index contributed by atoms with van der Waals surface area (Å²) in [5.41, 5.74) is 3.04. The van der Waals surface area contributed by atoms with E-state index < -0.39 is 0 Å². The first-order valence-corrected chi connectivity index (χ1v) is 8.75. The smallest absolute Gasteiger partial charge is 0.279 e. The number of carbonyl (C=O) groups excluding carboxylic acids is 1. The molecule has 1 aromatic heterocycles. The van der Waals surface area contributed by atoms with Crippen LogP contribution in [0.25, 0.3) is 0 Å². The van der Waals surface area contributed by atoms with Crippen molar-refractivity contribution >= 4 is 17.2 Å². The molecule has 2 aromatic rings. The largest absolute Gasteiger partial charge is 0.320 e. The molecular formula is C18H22N2OS. The van der Waals surface area contributed by atoms with Crippen LogP contribution in [-0.2, 0) is 13.0 Å². The zero-order valence-corrected chi connectivity index (χ0v) is 14.2. The Labute approximate surface area is 135 Å². The molecule has 0 atom stereocenters. The Bertz CT molecular complexity index is 766. The van der Waals surface area contributed by atoms with Gasteiger partial charge in [-0.3, -0.25) is 4.79 Å². The van der Waals surface area contributed by atoms with Crippen molar-refractivity contribution in [3.8, 4) is 0 Å². The molecule has 1 aliphatic carbocycles. The Hall–Kier alpha value is -1.68. The molecule has 0 N–H and O–H groups in total.